The van der Waals surface area contributed by atoms with Crippen molar-refractivity contribution in [3.8, 4) is 0 Å². The van der Waals surface area contributed by atoms with Gasteiger partial charge in [-0.25, -0.2) is 4.98 Å². The topological polar surface area (TPSA) is 103 Å². The normalized spacial score (nSPS) is 19.7. The molecule has 2 aliphatic rings. The van der Waals surface area contributed by atoms with Gasteiger partial charge in [-0.2, -0.15) is 17.0 Å². The fraction of sp³-hybridized carbons (Fsp3) is 0.450. The van der Waals surface area contributed by atoms with Crippen LogP contribution < -0.4 is 10.2 Å². The number of aryl methyl sites for hydroxylation is 1. The van der Waals surface area contributed by atoms with Gasteiger partial charge in [0.2, 0.25) is 11.8 Å². The number of carbonyl (C=O) groups excluding carboxylic acids is 2. The number of nitrogens with one attached hydrogen (secondary N) is 1. The Morgan fingerprint density at radius 3 is 2.65 bits per heavy atom. The molecule has 2 aliphatic heterocycles. The van der Waals surface area contributed by atoms with Crippen molar-refractivity contribution in [3.05, 3.63) is 40.4 Å². The van der Waals surface area contributed by atoms with E-state index in [1.807, 2.05) is 31.2 Å². The molecule has 9 nitrogen and oxygen atoms in total. The molecule has 1 unspecified atom stereocenters. The van der Waals surface area contributed by atoms with Crippen LogP contribution in [-0.4, -0.2) is 61.0 Å². The van der Waals surface area contributed by atoms with E-state index in [0.717, 1.165) is 21.8 Å². The van der Waals surface area contributed by atoms with Gasteiger partial charge in [-0.1, -0.05) is 17.7 Å². The van der Waals surface area contributed by atoms with Crippen molar-refractivity contribution in [1.82, 2.24) is 13.6 Å². The zero-order valence-corrected chi connectivity index (χ0v) is 19.3. The third-order valence-corrected chi connectivity index (χ3v) is 8.44. The highest BCUT2D eigenvalue weighted by Gasteiger charge is 2.36. The average molecular weight is 464 g/mol. The van der Waals surface area contributed by atoms with Gasteiger partial charge in [0.25, 0.3) is 10.2 Å². The Balaban J connectivity index is 1.42. The van der Waals surface area contributed by atoms with Crippen molar-refractivity contribution in [1.29, 1.82) is 0 Å². The van der Waals surface area contributed by atoms with Crippen LogP contribution in [0.25, 0.3) is 0 Å². The summed E-state index contributed by atoms with van der Waals surface area (Å²) in [5.74, 6) is -0.779. The molecule has 0 saturated carbocycles. The van der Waals surface area contributed by atoms with Gasteiger partial charge in [-0.3, -0.25) is 9.59 Å². The molecule has 0 bridgehead atoms. The Morgan fingerprint density at radius 1 is 1.26 bits per heavy atom. The molecular formula is C20H25N5O4S2. The predicted molar refractivity (Wildman–Crippen MR) is 119 cm³/mol. The van der Waals surface area contributed by atoms with Crippen molar-refractivity contribution < 1.29 is 18.0 Å². The first-order valence-electron chi connectivity index (χ1n) is 9.99. The summed E-state index contributed by atoms with van der Waals surface area (Å²) in [4.78, 5) is 32.2. The molecule has 1 aromatic heterocycles. The maximum atomic E-state index is 12.8. The molecular weight excluding hydrogens is 438 g/mol. The third kappa shape index (κ3) is 4.36. The zero-order valence-electron chi connectivity index (χ0n) is 17.7. The highest BCUT2D eigenvalue weighted by molar-refractivity contribution is 7.86. The van der Waals surface area contributed by atoms with Gasteiger partial charge in [0.05, 0.1) is 18.2 Å². The highest BCUT2D eigenvalue weighted by Crippen LogP contribution is 2.31. The first kappa shape index (κ1) is 21.9. The van der Waals surface area contributed by atoms with Gasteiger partial charge in [-0.05, 0) is 19.1 Å². The lowest BCUT2D eigenvalue weighted by Crippen LogP contribution is -2.42. The van der Waals surface area contributed by atoms with Crippen molar-refractivity contribution >= 4 is 44.2 Å². The fourth-order valence-corrected chi connectivity index (χ4v) is 5.90. The van der Waals surface area contributed by atoms with Gasteiger partial charge in [-0.15, -0.1) is 11.3 Å². The SMILES string of the molecule is Cc1ccc(N2CC(C(=O)Nc3nc4c(s3)CN(S(=O)(=O)N(C)C)CC4)CC2=O)cc1. The first-order valence-corrected chi connectivity index (χ1v) is 12.2. The molecule has 0 aliphatic carbocycles. The predicted octanol–water partition coefficient (Wildman–Crippen LogP) is 1.61. The molecule has 1 saturated heterocycles. The number of rotatable bonds is 5. The van der Waals surface area contributed by atoms with E-state index < -0.39 is 16.1 Å². The quantitative estimate of drug-likeness (QED) is 0.726. The average Bonchev–Trinajstić information content (AvgIpc) is 3.30. The molecule has 4 rings (SSSR count). The third-order valence-electron chi connectivity index (χ3n) is 5.56. The maximum Gasteiger partial charge on any atom is 0.281 e. The highest BCUT2D eigenvalue weighted by atomic mass is 32.2. The molecule has 166 valence electrons. The Hall–Kier alpha value is -2.34. The van der Waals surface area contributed by atoms with Gasteiger partial charge in [0, 0.05) is 50.6 Å². The number of fused-ring (bicyclic) bond motifs is 1. The molecule has 3 heterocycles. The Morgan fingerprint density at radius 2 is 1.97 bits per heavy atom. The Kier molecular flexibility index (Phi) is 5.86. The monoisotopic (exact) mass is 463 g/mol. The number of hydrogen-bond acceptors (Lipinski definition) is 6. The molecule has 11 heteroatoms. The van der Waals surface area contributed by atoms with Crippen molar-refractivity contribution in [3.63, 3.8) is 0 Å². The molecule has 1 N–H and O–H groups in total. The molecule has 2 amide bonds. The molecule has 31 heavy (non-hydrogen) atoms. The fourth-order valence-electron chi connectivity index (χ4n) is 3.72. The standard InChI is InChI=1S/C20H25N5O4S2/c1-13-4-6-15(7-5-13)25-11-14(10-18(25)26)19(27)22-20-21-16-8-9-24(12-17(16)30-20)31(28,29)23(2)3/h4-7,14H,8-12H2,1-3H3,(H,21,22,27). The number of nitrogens with zero attached hydrogens (tertiary/aromatic N) is 4. The second kappa shape index (κ2) is 8.30. The van der Waals surface area contributed by atoms with Crippen molar-refractivity contribution in [2.75, 3.05) is 37.4 Å². The Labute approximate surface area is 185 Å². The van der Waals surface area contributed by atoms with Gasteiger partial charge in [0.15, 0.2) is 5.13 Å². The molecule has 2 aromatic rings. The molecule has 0 spiro atoms. The molecule has 1 fully saturated rings. The summed E-state index contributed by atoms with van der Waals surface area (Å²) in [6, 6.07) is 7.65. The first-order chi connectivity index (χ1) is 14.6. The van der Waals surface area contributed by atoms with E-state index in [2.05, 4.69) is 10.3 Å². The number of aromatic nitrogens is 1. The number of carbonyl (C=O) groups is 2. The van der Waals surface area contributed by atoms with Crippen LogP contribution in [0.15, 0.2) is 24.3 Å². The number of thiazole rings is 1. The van der Waals surface area contributed by atoms with Crippen molar-refractivity contribution in [2.24, 2.45) is 5.92 Å². The van der Waals surface area contributed by atoms with E-state index in [4.69, 9.17) is 0 Å². The summed E-state index contributed by atoms with van der Waals surface area (Å²) in [7, 11) is -0.484. The van der Waals surface area contributed by atoms with Crippen LogP contribution in [0.3, 0.4) is 0 Å². The number of amides is 2. The molecule has 0 radical (unpaired) electrons. The largest absolute Gasteiger partial charge is 0.312 e. The van der Waals surface area contributed by atoms with Crippen LogP contribution in [0.2, 0.25) is 0 Å². The number of anilines is 2. The minimum atomic E-state index is -3.50. The molecule has 1 aromatic carbocycles. The van der Waals surface area contributed by atoms with E-state index in [-0.39, 0.29) is 24.8 Å². The van der Waals surface area contributed by atoms with Gasteiger partial charge >= 0.3 is 0 Å². The van der Waals surface area contributed by atoms with Crippen LogP contribution in [0, 0.1) is 12.8 Å². The van der Waals surface area contributed by atoms with E-state index in [1.54, 1.807) is 4.90 Å². The van der Waals surface area contributed by atoms with Crippen LogP contribution in [0.4, 0.5) is 10.8 Å². The number of hydrogen-bond donors (Lipinski definition) is 1. The summed E-state index contributed by atoms with van der Waals surface area (Å²) < 4.78 is 27.4. The maximum absolute atomic E-state index is 12.8. The van der Waals surface area contributed by atoms with Gasteiger partial charge in [0.1, 0.15) is 0 Å². The smallest absolute Gasteiger partial charge is 0.281 e. The van der Waals surface area contributed by atoms with Crippen LogP contribution in [0.5, 0.6) is 0 Å². The van der Waals surface area contributed by atoms with E-state index in [9.17, 15) is 18.0 Å². The summed E-state index contributed by atoms with van der Waals surface area (Å²) in [5.41, 5.74) is 2.71. The second-order valence-electron chi connectivity index (χ2n) is 7.99. The lowest BCUT2D eigenvalue weighted by atomic mass is 10.1. The number of benzene rings is 1. The molecule has 1 atom stereocenters. The van der Waals surface area contributed by atoms with Gasteiger partial charge < -0.3 is 10.2 Å². The summed E-state index contributed by atoms with van der Waals surface area (Å²) >= 11 is 1.29. The van der Waals surface area contributed by atoms with E-state index in [0.29, 0.717) is 24.6 Å². The van der Waals surface area contributed by atoms with Crippen LogP contribution in [0.1, 0.15) is 22.6 Å². The lowest BCUT2D eigenvalue weighted by molar-refractivity contribution is -0.122. The zero-order chi connectivity index (χ0) is 22.3. The van der Waals surface area contributed by atoms with E-state index >= 15 is 0 Å². The van der Waals surface area contributed by atoms with Crippen LogP contribution in [-0.2, 0) is 32.8 Å². The Bertz CT molecular complexity index is 1110. The van der Waals surface area contributed by atoms with Crippen LogP contribution >= 0.6 is 11.3 Å². The minimum absolute atomic E-state index is 0.0769. The summed E-state index contributed by atoms with van der Waals surface area (Å²) in [6.07, 6.45) is 0.650. The second-order valence-corrected chi connectivity index (χ2v) is 11.2. The van der Waals surface area contributed by atoms with E-state index in [1.165, 1.54) is 34.0 Å². The minimum Gasteiger partial charge on any atom is -0.312 e. The summed E-state index contributed by atoms with van der Waals surface area (Å²) in [6.45, 7) is 2.90. The lowest BCUT2D eigenvalue weighted by Gasteiger charge is -2.27. The summed E-state index contributed by atoms with van der Waals surface area (Å²) in [5, 5.41) is 3.28. The van der Waals surface area contributed by atoms with Crippen molar-refractivity contribution in [2.45, 2.75) is 26.3 Å².